The first-order chi connectivity index (χ1) is 11.5. The van der Waals surface area contributed by atoms with Crippen molar-refractivity contribution in [3.63, 3.8) is 0 Å². The third kappa shape index (κ3) is 3.60. The molecule has 0 spiro atoms. The van der Waals surface area contributed by atoms with Gasteiger partial charge in [-0.2, -0.15) is 0 Å². The fourth-order valence-electron chi connectivity index (χ4n) is 2.30. The molecule has 0 aliphatic heterocycles. The van der Waals surface area contributed by atoms with Gasteiger partial charge in [0.25, 0.3) is 0 Å². The molecular formula is C16H19N5O3. The maximum absolute atomic E-state index is 12.0. The zero-order valence-electron chi connectivity index (χ0n) is 13.8. The molecule has 3 rings (SSSR count). The van der Waals surface area contributed by atoms with Crippen LogP contribution in [-0.4, -0.2) is 32.3 Å². The number of carbonyl (C=O) groups is 1. The van der Waals surface area contributed by atoms with Gasteiger partial charge in [0.2, 0.25) is 5.91 Å². The predicted molar refractivity (Wildman–Crippen MR) is 86.6 cm³/mol. The van der Waals surface area contributed by atoms with Crippen LogP contribution in [0.1, 0.15) is 37.0 Å². The largest absolute Gasteiger partial charge is 0.364 e. The number of carbonyl (C=O) groups excluding carboxylic acids is 1. The molecule has 126 valence electrons. The van der Waals surface area contributed by atoms with Gasteiger partial charge >= 0.3 is 0 Å². The Labute approximate surface area is 138 Å². The van der Waals surface area contributed by atoms with Crippen LogP contribution in [0, 0.1) is 6.92 Å². The number of aromatic nitrogens is 4. The van der Waals surface area contributed by atoms with Gasteiger partial charge in [0, 0.05) is 18.2 Å². The van der Waals surface area contributed by atoms with E-state index in [9.17, 15) is 4.79 Å². The van der Waals surface area contributed by atoms with Gasteiger partial charge in [-0.05, 0) is 19.1 Å². The average molecular weight is 329 g/mol. The molecular weight excluding hydrogens is 310 g/mol. The van der Waals surface area contributed by atoms with Crippen LogP contribution in [0.4, 0.5) is 5.69 Å². The summed E-state index contributed by atoms with van der Waals surface area (Å²) in [7, 11) is 0. The van der Waals surface area contributed by atoms with Crippen molar-refractivity contribution >= 4 is 17.2 Å². The molecule has 1 N–H and O–H groups in total. The SMILES string of the molecule is Cc1cc(COCC(=O)Nc2ccc3nnc(C(C)C)n3c2)on1. The van der Waals surface area contributed by atoms with Crippen molar-refractivity contribution in [2.75, 3.05) is 11.9 Å². The highest BCUT2D eigenvalue weighted by atomic mass is 16.5. The molecule has 0 aliphatic rings. The number of pyridine rings is 1. The minimum absolute atomic E-state index is 0.0724. The second-order valence-corrected chi connectivity index (χ2v) is 5.83. The van der Waals surface area contributed by atoms with E-state index in [2.05, 4.69) is 20.7 Å². The van der Waals surface area contributed by atoms with Crippen LogP contribution in [-0.2, 0) is 16.1 Å². The van der Waals surface area contributed by atoms with Crippen molar-refractivity contribution in [3.8, 4) is 0 Å². The fourth-order valence-corrected chi connectivity index (χ4v) is 2.30. The Morgan fingerprint density at radius 1 is 1.38 bits per heavy atom. The molecule has 0 aliphatic carbocycles. The lowest BCUT2D eigenvalue weighted by molar-refractivity contribution is -0.121. The van der Waals surface area contributed by atoms with E-state index in [0.717, 1.165) is 17.2 Å². The Bertz CT molecular complexity index is 852. The maximum Gasteiger partial charge on any atom is 0.250 e. The van der Waals surface area contributed by atoms with E-state index in [-0.39, 0.29) is 25.0 Å². The number of aryl methyl sites for hydroxylation is 1. The molecule has 0 bridgehead atoms. The number of nitrogens with one attached hydrogen (secondary N) is 1. The van der Waals surface area contributed by atoms with E-state index in [1.54, 1.807) is 12.1 Å². The smallest absolute Gasteiger partial charge is 0.250 e. The summed E-state index contributed by atoms with van der Waals surface area (Å²) in [6, 6.07) is 5.36. The van der Waals surface area contributed by atoms with Crippen LogP contribution in [0.5, 0.6) is 0 Å². The molecule has 0 saturated carbocycles. The molecule has 0 aromatic carbocycles. The Morgan fingerprint density at radius 3 is 2.92 bits per heavy atom. The zero-order valence-corrected chi connectivity index (χ0v) is 13.8. The van der Waals surface area contributed by atoms with Crippen molar-refractivity contribution < 1.29 is 14.1 Å². The third-order valence-corrected chi connectivity index (χ3v) is 3.38. The number of amides is 1. The van der Waals surface area contributed by atoms with Crippen LogP contribution in [0.15, 0.2) is 28.9 Å². The second-order valence-electron chi connectivity index (χ2n) is 5.83. The van der Waals surface area contributed by atoms with Gasteiger partial charge < -0.3 is 14.6 Å². The molecule has 0 unspecified atom stereocenters. The van der Waals surface area contributed by atoms with E-state index >= 15 is 0 Å². The van der Waals surface area contributed by atoms with Crippen LogP contribution in [0.25, 0.3) is 5.65 Å². The van der Waals surface area contributed by atoms with Crippen molar-refractivity contribution in [1.29, 1.82) is 0 Å². The Balaban J connectivity index is 1.59. The average Bonchev–Trinajstić information content (AvgIpc) is 3.13. The lowest BCUT2D eigenvalue weighted by Crippen LogP contribution is -2.18. The number of nitrogens with zero attached hydrogens (tertiary/aromatic N) is 4. The van der Waals surface area contributed by atoms with Crippen molar-refractivity contribution in [2.45, 2.75) is 33.3 Å². The van der Waals surface area contributed by atoms with Crippen LogP contribution in [0.3, 0.4) is 0 Å². The van der Waals surface area contributed by atoms with Crippen molar-refractivity contribution in [1.82, 2.24) is 19.8 Å². The summed E-state index contributed by atoms with van der Waals surface area (Å²) < 4.78 is 12.2. The molecule has 0 saturated heterocycles. The van der Waals surface area contributed by atoms with E-state index in [0.29, 0.717) is 11.4 Å². The lowest BCUT2D eigenvalue weighted by atomic mass is 10.2. The van der Waals surface area contributed by atoms with Gasteiger partial charge in [-0.1, -0.05) is 19.0 Å². The molecule has 8 nitrogen and oxygen atoms in total. The standard InChI is InChI=1S/C16H19N5O3/c1-10(2)16-19-18-14-5-4-12(7-21(14)16)17-15(22)9-23-8-13-6-11(3)20-24-13/h4-7,10H,8-9H2,1-3H3,(H,17,22). The number of rotatable bonds is 6. The topological polar surface area (TPSA) is 94.5 Å². The first kappa shape index (κ1) is 16.1. The van der Waals surface area contributed by atoms with Crippen LogP contribution >= 0.6 is 0 Å². The minimum atomic E-state index is -0.246. The zero-order chi connectivity index (χ0) is 17.1. The summed E-state index contributed by atoms with van der Waals surface area (Å²) in [5.41, 5.74) is 2.18. The molecule has 3 aromatic rings. The molecule has 1 amide bonds. The number of hydrogen-bond acceptors (Lipinski definition) is 6. The highest BCUT2D eigenvalue weighted by Crippen LogP contribution is 2.16. The summed E-state index contributed by atoms with van der Waals surface area (Å²) in [6.45, 7) is 6.04. The molecule has 24 heavy (non-hydrogen) atoms. The van der Waals surface area contributed by atoms with E-state index < -0.39 is 0 Å². The lowest BCUT2D eigenvalue weighted by Gasteiger charge is -2.07. The second kappa shape index (κ2) is 6.79. The monoisotopic (exact) mass is 329 g/mol. The molecule has 3 heterocycles. The molecule has 0 fully saturated rings. The van der Waals surface area contributed by atoms with Gasteiger partial charge in [0.1, 0.15) is 19.0 Å². The number of fused-ring (bicyclic) bond motifs is 1. The summed E-state index contributed by atoms with van der Waals surface area (Å²) in [4.78, 5) is 12.0. The van der Waals surface area contributed by atoms with Gasteiger partial charge in [0.05, 0.1) is 11.4 Å². The summed E-state index contributed by atoms with van der Waals surface area (Å²) >= 11 is 0. The van der Waals surface area contributed by atoms with E-state index in [1.165, 1.54) is 0 Å². The van der Waals surface area contributed by atoms with Gasteiger partial charge in [0.15, 0.2) is 11.4 Å². The van der Waals surface area contributed by atoms with Crippen molar-refractivity contribution in [2.24, 2.45) is 0 Å². The number of anilines is 1. The van der Waals surface area contributed by atoms with Gasteiger partial charge in [-0.15, -0.1) is 10.2 Å². The van der Waals surface area contributed by atoms with Crippen molar-refractivity contribution in [3.05, 3.63) is 41.7 Å². The predicted octanol–water partition coefficient (Wildman–Crippen LogP) is 2.30. The summed E-state index contributed by atoms with van der Waals surface area (Å²) in [5.74, 6) is 1.43. The Morgan fingerprint density at radius 2 is 2.21 bits per heavy atom. The summed E-state index contributed by atoms with van der Waals surface area (Å²) in [6.07, 6.45) is 1.81. The first-order valence-electron chi connectivity index (χ1n) is 7.67. The van der Waals surface area contributed by atoms with E-state index in [4.69, 9.17) is 9.26 Å². The summed E-state index contributed by atoms with van der Waals surface area (Å²) in [5, 5.41) is 14.8. The molecule has 8 heteroatoms. The van der Waals surface area contributed by atoms with Gasteiger partial charge in [-0.25, -0.2) is 0 Å². The first-order valence-corrected chi connectivity index (χ1v) is 7.67. The maximum atomic E-state index is 12.0. The number of hydrogen-bond donors (Lipinski definition) is 1. The molecule has 3 aromatic heterocycles. The fraction of sp³-hybridized carbons (Fsp3) is 0.375. The normalized spacial score (nSPS) is 11.3. The molecule has 0 atom stereocenters. The highest BCUT2D eigenvalue weighted by molar-refractivity contribution is 5.91. The van der Waals surface area contributed by atoms with E-state index in [1.807, 2.05) is 37.4 Å². The highest BCUT2D eigenvalue weighted by Gasteiger charge is 2.11. The molecule has 0 radical (unpaired) electrons. The quantitative estimate of drug-likeness (QED) is 0.745. The van der Waals surface area contributed by atoms with Crippen LogP contribution in [0.2, 0.25) is 0 Å². The van der Waals surface area contributed by atoms with Gasteiger partial charge in [-0.3, -0.25) is 9.20 Å². The Kier molecular flexibility index (Phi) is 4.57. The van der Waals surface area contributed by atoms with Crippen LogP contribution < -0.4 is 5.32 Å². The Hall–Kier alpha value is -2.74. The number of ether oxygens (including phenoxy) is 1. The minimum Gasteiger partial charge on any atom is -0.364 e. The third-order valence-electron chi connectivity index (χ3n) is 3.38.